The van der Waals surface area contributed by atoms with E-state index in [1.807, 2.05) is 36.4 Å². The first-order valence-electron chi connectivity index (χ1n) is 8.57. The van der Waals surface area contributed by atoms with Crippen molar-refractivity contribution in [1.82, 2.24) is 10.2 Å². The van der Waals surface area contributed by atoms with Crippen molar-refractivity contribution >= 4 is 40.3 Å². The highest BCUT2D eigenvalue weighted by Crippen LogP contribution is 2.34. The Bertz CT molecular complexity index is 1090. The Morgan fingerprint density at radius 3 is 2.32 bits per heavy atom. The van der Waals surface area contributed by atoms with E-state index in [9.17, 15) is 0 Å². The fourth-order valence-electron chi connectivity index (χ4n) is 2.78. The van der Waals surface area contributed by atoms with Gasteiger partial charge in [-0.3, -0.25) is 0 Å². The number of nitrogen functional groups attached to an aromatic ring is 1. The molecule has 0 amide bonds. The molecule has 0 spiro atoms. The summed E-state index contributed by atoms with van der Waals surface area (Å²) in [5.41, 5.74) is 9.73. The lowest BCUT2D eigenvalue weighted by atomic mass is 10.1. The van der Waals surface area contributed by atoms with Crippen LogP contribution in [0.1, 0.15) is 11.5 Å². The van der Waals surface area contributed by atoms with Gasteiger partial charge in [0.05, 0.1) is 22.2 Å². The Labute approximate surface area is 172 Å². The number of anilines is 3. The number of hydrogen-bond donors (Lipinski definition) is 2. The van der Waals surface area contributed by atoms with Gasteiger partial charge in [0.1, 0.15) is 0 Å². The highest BCUT2D eigenvalue weighted by molar-refractivity contribution is 6.39. The molecular weight excluding hydrogens is 395 g/mol. The summed E-state index contributed by atoms with van der Waals surface area (Å²) in [5, 5.41) is 12.7. The summed E-state index contributed by atoms with van der Waals surface area (Å²) in [5.74, 6) is 0.959. The third kappa shape index (κ3) is 3.96. The highest BCUT2D eigenvalue weighted by Gasteiger charge is 2.13. The van der Waals surface area contributed by atoms with E-state index in [1.165, 1.54) is 0 Å². The minimum atomic E-state index is 0.453. The molecule has 1 aromatic heterocycles. The summed E-state index contributed by atoms with van der Waals surface area (Å²) in [4.78, 5) is 0. The predicted octanol–water partition coefficient (Wildman–Crippen LogP) is 5.96. The number of rotatable bonds is 5. The smallest absolute Gasteiger partial charge is 0.247 e. The maximum Gasteiger partial charge on any atom is 0.247 e. The molecule has 28 heavy (non-hydrogen) atoms. The Balaban J connectivity index is 1.59. The van der Waals surface area contributed by atoms with Crippen molar-refractivity contribution in [2.75, 3.05) is 11.1 Å². The molecule has 140 valence electrons. The first-order chi connectivity index (χ1) is 13.6. The number of nitrogens with one attached hydrogen (secondary N) is 1. The van der Waals surface area contributed by atoms with E-state index in [1.54, 1.807) is 30.3 Å². The van der Waals surface area contributed by atoms with Gasteiger partial charge in [0, 0.05) is 16.9 Å². The third-order valence-corrected chi connectivity index (χ3v) is 4.84. The van der Waals surface area contributed by atoms with Crippen LogP contribution in [0.2, 0.25) is 10.0 Å². The molecule has 1 heterocycles. The van der Waals surface area contributed by atoms with Gasteiger partial charge in [-0.1, -0.05) is 47.5 Å². The summed E-state index contributed by atoms with van der Waals surface area (Å²) in [7, 11) is 0. The number of benzene rings is 3. The molecule has 7 heteroatoms. The quantitative estimate of drug-likeness (QED) is 0.396. The molecule has 0 radical (unpaired) electrons. The lowest BCUT2D eigenvalue weighted by Gasteiger charge is -2.13. The second-order valence-corrected chi connectivity index (χ2v) is 6.99. The Morgan fingerprint density at radius 1 is 0.857 bits per heavy atom. The molecule has 0 aliphatic heterocycles. The molecule has 4 aromatic rings. The van der Waals surface area contributed by atoms with E-state index >= 15 is 0 Å². The van der Waals surface area contributed by atoms with E-state index in [0.29, 0.717) is 39.6 Å². The standard InChI is InChI=1S/C21H16Cl2N4O/c22-16-5-3-6-17(23)20(16)25-18-7-2-1-4-14(18)12-19-26-27-21(28-19)13-8-10-15(24)11-9-13/h1-11,25H,12,24H2. The molecule has 0 atom stereocenters. The topological polar surface area (TPSA) is 77.0 Å². The number of halogens is 2. The lowest BCUT2D eigenvalue weighted by molar-refractivity contribution is 0.518. The molecular formula is C21H16Cl2N4O. The van der Waals surface area contributed by atoms with Crippen molar-refractivity contribution in [2.24, 2.45) is 0 Å². The van der Waals surface area contributed by atoms with Crippen LogP contribution in [0.5, 0.6) is 0 Å². The van der Waals surface area contributed by atoms with Crippen molar-refractivity contribution in [2.45, 2.75) is 6.42 Å². The maximum absolute atomic E-state index is 6.28. The van der Waals surface area contributed by atoms with Crippen molar-refractivity contribution in [3.05, 3.63) is 88.2 Å². The minimum absolute atomic E-state index is 0.453. The Kier molecular flexibility index (Phi) is 5.19. The molecule has 0 unspecified atom stereocenters. The summed E-state index contributed by atoms with van der Waals surface area (Å²) in [6, 6.07) is 20.5. The summed E-state index contributed by atoms with van der Waals surface area (Å²) in [6.45, 7) is 0. The average Bonchev–Trinajstić information content (AvgIpc) is 3.15. The van der Waals surface area contributed by atoms with Crippen molar-refractivity contribution in [1.29, 1.82) is 0 Å². The number of aromatic nitrogens is 2. The minimum Gasteiger partial charge on any atom is -0.420 e. The van der Waals surface area contributed by atoms with Gasteiger partial charge in [0.15, 0.2) is 0 Å². The molecule has 4 rings (SSSR count). The van der Waals surface area contributed by atoms with Gasteiger partial charge in [0.25, 0.3) is 0 Å². The van der Waals surface area contributed by atoms with Crippen molar-refractivity contribution in [3.63, 3.8) is 0 Å². The van der Waals surface area contributed by atoms with Crippen LogP contribution in [-0.4, -0.2) is 10.2 Å². The molecule has 0 saturated heterocycles. The maximum atomic E-state index is 6.28. The zero-order valence-corrected chi connectivity index (χ0v) is 16.2. The van der Waals surface area contributed by atoms with E-state index in [2.05, 4.69) is 15.5 Å². The average molecular weight is 411 g/mol. The molecule has 3 N–H and O–H groups in total. The van der Waals surface area contributed by atoms with Gasteiger partial charge >= 0.3 is 0 Å². The number of nitrogens with zero attached hydrogens (tertiary/aromatic N) is 2. The molecule has 0 saturated carbocycles. The molecule has 0 aliphatic rings. The largest absolute Gasteiger partial charge is 0.420 e. The van der Waals surface area contributed by atoms with Crippen LogP contribution < -0.4 is 11.1 Å². The Morgan fingerprint density at radius 2 is 1.57 bits per heavy atom. The molecule has 0 fully saturated rings. The zero-order chi connectivity index (χ0) is 19.5. The summed E-state index contributed by atoms with van der Waals surface area (Å²) >= 11 is 12.6. The van der Waals surface area contributed by atoms with Gasteiger partial charge in [-0.25, -0.2) is 0 Å². The second-order valence-electron chi connectivity index (χ2n) is 6.18. The monoisotopic (exact) mass is 410 g/mol. The van der Waals surface area contributed by atoms with Crippen LogP contribution in [0.15, 0.2) is 71.1 Å². The van der Waals surface area contributed by atoms with Gasteiger partial charge in [0.2, 0.25) is 11.8 Å². The van der Waals surface area contributed by atoms with Crippen LogP contribution >= 0.6 is 23.2 Å². The highest BCUT2D eigenvalue weighted by atomic mass is 35.5. The van der Waals surface area contributed by atoms with Gasteiger partial charge < -0.3 is 15.5 Å². The van der Waals surface area contributed by atoms with Crippen molar-refractivity contribution in [3.8, 4) is 11.5 Å². The van der Waals surface area contributed by atoms with Crippen molar-refractivity contribution < 1.29 is 4.42 Å². The SMILES string of the molecule is Nc1ccc(-c2nnc(Cc3ccccc3Nc3c(Cl)cccc3Cl)o2)cc1. The zero-order valence-electron chi connectivity index (χ0n) is 14.7. The molecule has 0 bridgehead atoms. The molecule has 3 aromatic carbocycles. The number of nitrogens with two attached hydrogens (primary N) is 1. The second kappa shape index (κ2) is 7.92. The first-order valence-corrected chi connectivity index (χ1v) is 9.33. The van der Waals surface area contributed by atoms with Crippen LogP contribution in [0.25, 0.3) is 11.5 Å². The predicted molar refractivity (Wildman–Crippen MR) is 113 cm³/mol. The summed E-state index contributed by atoms with van der Waals surface area (Å²) in [6.07, 6.45) is 0.465. The fraction of sp³-hybridized carbons (Fsp3) is 0.0476. The van der Waals surface area contributed by atoms with Gasteiger partial charge in [-0.15, -0.1) is 10.2 Å². The van der Waals surface area contributed by atoms with Crippen LogP contribution in [-0.2, 0) is 6.42 Å². The van der Waals surface area contributed by atoms with Crippen LogP contribution in [0.3, 0.4) is 0 Å². The number of para-hydroxylation sites is 2. The van der Waals surface area contributed by atoms with E-state index in [-0.39, 0.29) is 0 Å². The van der Waals surface area contributed by atoms with Gasteiger partial charge in [-0.2, -0.15) is 0 Å². The summed E-state index contributed by atoms with van der Waals surface area (Å²) < 4.78 is 5.82. The van der Waals surface area contributed by atoms with E-state index in [4.69, 9.17) is 33.4 Å². The molecule has 0 aliphatic carbocycles. The van der Waals surface area contributed by atoms with E-state index < -0.39 is 0 Å². The van der Waals surface area contributed by atoms with Gasteiger partial charge in [-0.05, 0) is 48.0 Å². The number of hydrogen-bond acceptors (Lipinski definition) is 5. The normalized spacial score (nSPS) is 10.8. The fourth-order valence-corrected chi connectivity index (χ4v) is 3.27. The first kappa shape index (κ1) is 18.3. The third-order valence-electron chi connectivity index (χ3n) is 4.21. The van der Waals surface area contributed by atoms with E-state index in [0.717, 1.165) is 16.8 Å². The molecule has 5 nitrogen and oxygen atoms in total. The lowest BCUT2D eigenvalue weighted by Crippen LogP contribution is -1.98. The Hall–Kier alpha value is -3.02. The van der Waals surface area contributed by atoms with Crippen LogP contribution in [0, 0.1) is 0 Å². The van der Waals surface area contributed by atoms with Crippen LogP contribution in [0.4, 0.5) is 17.1 Å².